The fourth-order valence-electron chi connectivity index (χ4n) is 5.82. The summed E-state index contributed by atoms with van der Waals surface area (Å²) in [6.45, 7) is 12.8. The minimum Gasteiger partial charge on any atom is -0.256 e. The number of pyridine rings is 1. The molecule has 0 N–H and O–H groups in total. The largest absolute Gasteiger partial charge is 0.256 e. The Morgan fingerprint density at radius 1 is 0.706 bits per heavy atom. The van der Waals surface area contributed by atoms with Crippen molar-refractivity contribution in [1.82, 2.24) is 15.0 Å². The van der Waals surface area contributed by atoms with Crippen molar-refractivity contribution < 1.29 is 0 Å². The molecule has 0 spiro atoms. The average molecular weight is 452 g/mol. The maximum absolute atomic E-state index is 5.14. The van der Waals surface area contributed by atoms with Crippen LogP contribution >= 0.6 is 0 Å². The molecule has 1 fully saturated rings. The highest BCUT2D eigenvalue weighted by Crippen LogP contribution is 2.56. The van der Waals surface area contributed by atoms with Crippen molar-refractivity contribution in [2.75, 3.05) is 0 Å². The zero-order valence-electron chi connectivity index (χ0n) is 21.5. The van der Waals surface area contributed by atoms with Gasteiger partial charge in [-0.3, -0.25) is 4.98 Å². The molecule has 2 aromatic heterocycles. The van der Waals surface area contributed by atoms with E-state index in [0.717, 1.165) is 28.0 Å². The lowest BCUT2D eigenvalue weighted by molar-refractivity contribution is 0.250. The highest BCUT2D eigenvalue weighted by molar-refractivity contribution is 5.85. The van der Waals surface area contributed by atoms with Crippen LogP contribution in [-0.2, 0) is 10.8 Å². The maximum Gasteiger partial charge on any atom is 0.159 e. The quantitative estimate of drug-likeness (QED) is 0.306. The SMILES string of the molecule is CC.CC.CC12CCCC(C)(C1)c1nc(-c3cccc(-c4cc5ccccc5cn4)c3)ncc12. The van der Waals surface area contributed by atoms with Gasteiger partial charge in [0.2, 0.25) is 0 Å². The molecule has 34 heavy (non-hydrogen) atoms. The van der Waals surface area contributed by atoms with Gasteiger partial charge in [0.25, 0.3) is 0 Å². The van der Waals surface area contributed by atoms with Gasteiger partial charge < -0.3 is 0 Å². The van der Waals surface area contributed by atoms with Gasteiger partial charge >= 0.3 is 0 Å². The smallest absolute Gasteiger partial charge is 0.159 e. The molecule has 6 rings (SSSR count). The van der Waals surface area contributed by atoms with Gasteiger partial charge in [-0.15, -0.1) is 0 Å². The number of benzene rings is 2. The molecule has 4 aromatic rings. The molecule has 0 saturated heterocycles. The first-order valence-corrected chi connectivity index (χ1v) is 12.9. The molecule has 0 aliphatic heterocycles. The highest BCUT2D eigenvalue weighted by Gasteiger charge is 2.51. The molecule has 2 atom stereocenters. The molecule has 2 unspecified atom stereocenters. The van der Waals surface area contributed by atoms with Gasteiger partial charge in [0.15, 0.2) is 5.82 Å². The Morgan fingerprint density at radius 3 is 2.21 bits per heavy atom. The third-order valence-corrected chi connectivity index (χ3v) is 7.30. The average Bonchev–Trinajstić information content (AvgIpc) is 3.06. The molecule has 3 heteroatoms. The third kappa shape index (κ3) is 4.13. The second kappa shape index (κ2) is 9.66. The van der Waals surface area contributed by atoms with E-state index in [4.69, 9.17) is 15.0 Å². The molecule has 0 radical (unpaired) electrons. The van der Waals surface area contributed by atoms with Crippen LogP contribution < -0.4 is 0 Å². The predicted molar refractivity (Wildman–Crippen MR) is 144 cm³/mol. The normalized spacial score (nSPS) is 22.2. The standard InChI is InChI=1S/C27H25N3.2C2H6/c1-26-11-6-12-27(2,17-26)24-22(26)16-29-25(30-24)20-10-5-9-19(13-20)23-14-18-7-3-4-8-21(18)15-28-23;2*1-2/h3-5,7-10,13-16H,6,11-12,17H2,1-2H3;2*1-2H3. The molecular formula is C31H37N3. The summed E-state index contributed by atoms with van der Waals surface area (Å²) in [5, 5.41) is 2.36. The maximum atomic E-state index is 5.14. The first-order valence-electron chi connectivity index (χ1n) is 12.9. The van der Waals surface area contributed by atoms with Gasteiger partial charge in [-0.25, -0.2) is 9.97 Å². The van der Waals surface area contributed by atoms with E-state index in [2.05, 4.69) is 68.6 Å². The zero-order chi connectivity index (χ0) is 24.3. The molecule has 2 aliphatic carbocycles. The summed E-state index contributed by atoms with van der Waals surface area (Å²) in [5.41, 5.74) is 6.22. The van der Waals surface area contributed by atoms with Crippen molar-refractivity contribution in [3.63, 3.8) is 0 Å². The lowest BCUT2D eigenvalue weighted by atomic mass is 9.69. The van der Waals surface area contributed by atoms with Crippen LogP contribution in [0.3, 0.4) is 0 Å². The lowest BCUT2D eigenvalue weighted by Gasteiger charge is -2.34. The van der Waals surface area contributed by atoms with Crippen LogP contribution in [0.2, 0.25) is 0 Å². The number of nitrogens with zero attached hydrogens (tertiary/aromatic N) is 3. The zero-order valence-corrected chi connectivity index (χ0v) is 21.5. The second-order valence-electron chi connectivity index (χ2n) is 9.61. The monoisotopic (exact) mass is 451 g/mol. The molecule has 0 amide bonds. The summed E-state index contributed by atoms with van der Waals surface area (Å²) in [7, 11) is 0. The predicted octanol–water partition coefficient (Wildman–Crippen LogP) is 8.51. The van der Waals surface area contributed by atoms with Crippen LogP contribution in [0.1, 0.15) is 78.5 Å². The third-order valence-electron chi connectivity index (χ3n) is 7.30. The van der Waals surface area contributed by atoms with Crippen molar-refractivity contribution in [2.45, 2.75) is 78.1 Å². The van der Waals surface area contributed by atoms with E-state index < -0.39 is 0 Å². The van der Waals surface area contributed by atoms with Crippen LogP contribution in [0, 0.1) is 0 Å². The van der Waals surface area contributed by atoms with Gasteiger partial charge in [-0.05, 0) is 47.8 Å². The summed E-state index contributed by atoms with van der Waals surface area (Å²) in [6.07, 6.45) is 9.02. The number of hydrogen-bond donors (Lipinski definition) is 0. The highest BCUT2D eigenvalue weighted by atomic mass is 14.9. The van der Waals surface area contributed by atoms with E-state index in [1.54, 1.807) is 0 Å². The first kappa shape index (κ1) is 24.1. The van der Waals surface area contributed by atoms with Gasteiger partial charge in [0, 0.05) is 34.3 Å². The number of rotatable bonds is 2. The van der Waals surface area contributed by atoms with E-state index >= 15 is 0 Å². The summed E-state index contributed by atoms with van der Waals surface area (Å²) >= 11 is 0. The van der Waals surface area contributed by atoms with E-state index in [1.165, 1.54) is 42.3 Å². The van der Waals surface area contributed by atoms with Crippen LogP contribution in [-0.4, -0.2) is 15.0 Å². The Hall–Kier alpha value is -3.07. The topological polar surface area (TPSA) is 38.7 Å². The molecule has 3 nitrogen and oxygen atoms in total. The Kier molecular flexibility index (Phi) is 6.84. The molecule has 2 aliphatic rings. The Bertz CT molecular complexity index is 1290. The number of hydrogen-bond acceptors (Lipinski definition) is 3. The molecule has 2 bridgehead atoms. The van der Waals surface area contributed by atoms with Crippen molar-refractivity contribution in [2.24, 2.45) is 0 Å². The Morgan fingerprint density at radius 2 is 1.41 bits per heavy atom. The Labute approximate surface area is 204 Å². The molecule has 176 valence electrons. The van der Waals surface area contributed by atoms with Crippen molar-refractivity contribution in [3.05, 3.63) is 78.2 Å². The van der Waals surface area contributed by atoms with E-state index in [9.17, 15) is 0 Å². The van der Waals surface area contributed by atoms with Gasteiger partial charge in [-0.1, -0.05) is 90.4 Å². The number of aromatic nitrogens is 3. The van der Waals surface area contributed by atoms with Gasteiger partial charge in [-0.2, -0.15) is 0 Å². The fraction of sp³-hybridized carbons (Fsp3) is 0.387. The van der Waals surface area contributed by atoms with Gasteiger partial charge in [0.05, 0.1) is 11.4 Å². The summed E-state index contributed by atoms with van der Waals surface area (Å²) in [6, 6.07) is 19.0. The van der Waals surface area contributed by atoms with Crippen LogP contribution in [0.15, 0.2) is 67.0 Å². The van der Waals surface area contributed by atoms with Crippen LogP contribution in [0.5, 0.6) is 0 Å². The summed E-state index contributed by atoms with van der Waals surface area (Å²) < 4.78 is 0. The van der Waals surface area contributed by atoms with Crippen LogP contribution in [0.4, 0.5) is 0 Å². The van der Waals surface area contributed by atoms with Crippen molar-refractivity contribution in [3.8, 4) is 22.6 Å². The molecule has 2 aromatic carbocycles. The van der Waals surface area contributed by atoms with Crippen molar-refractivity contribution in [1.29, 1.82) is 0 Å². The fourth-order valence-corrected chi connectivity index (χ4v) is 5.82. The van der Waals surface area contributed by atoms with Gasteiger partial charge in [0.1, 0.15) is 0 Å². The summed E-state index contributed by atoms with van der Waals surface area (Å²) in [5.74, 6) is 0.828. The molecule has 2 heterocycles. The minimum atomic E-state index is 0.192. The Balaban J connectivity index is 0.000000652. The van der Waals surface area contributed by atoms with E-state index in [-0.39, 0.29) is 10.8 Å². The van der Waals surface area contributed by atoms with E-state index in [0.29, 0.717) is 0 Å². The van der Waals surface area contributed by atoms with E-state index in [1.807, 2.05) is 40.0 Å². The lowest BCUT2D eigenvalue weighted by Crippen LogP contribution is -2.29. The van der Waals surface area contributed by atoms with Crippen molar-refractivity contribution >= 4 is 10.8 Å². The first-order chi connectivity index (χ1) is 16.5. The minimum absolute atomic E-state index is 0.192. The summed E-state index contributed by atoms with van der Waals surface area (Å²) in [4.78, 5) is 14.6. The second-order valence-corrected chi connectivity index (χ2v) is 9.61. The number of fused-ring (bicyclic) bond motifs is 6. The van der Waals surface area contributed by atoms with Crippen LogP contribution in [0.25, 0.3) is 33.4 Å². The molecule has 1 saturated carbocycles. The molecular weight excluding hydrogens is 414 g/mol.